The molecule has 0 saturated carbocycles. The number of nitrogens with one attached hydrogen (secondary N) is 1. The van der Waals surface area contributed by atoms with Crippen molar-refractivity contribution in [1.29, 1.82) is 0 Å². The number of fused-ring (bicyclic) bond motifs is 1. The van der Waals surface area contributed by atoms with Gasteiger partial charge in [0.2, 0.25) is 0 Å². The number of rotatable bonds is 4. The lowest BCUT2D eigenvalue weighted by atomic mass is 10.1. The van der Waals surface area contributed by atoms with E-state index in [9.17, 15) is 9.90 Å². The molecule has 3 rings (SSSR count). The molecule has 0 atom stereocenters. The summed E-state index contributed by atoms with van der Waals surface area (Å²) in [6.45, 7) is 0.589. The monoisotopic (exact) mass is 280 g/mol. The molecule has 106 valence electrons. The topological polar surface area (TPSA) is 54.3 Å². The van der Waals surface area contributed by atoms with Crippen molar-refractivity contribution in [2.45, 2.75) is 6.54 Å². The third-order valence-corrected chi connectivity index (χ3v) is 3.61. The van der Waals surface area contributed by atoms with E-state index in [4.69, 9.17) is 0 Å². The highest BCUT2D eigenvalue weighted by Crippen LogP contribution is 2.22. The van der Waals surface area contributed by atoms with Crippen molar-refractivity contribution in [3.05, 3.63) is 65.9 Å². The van der Waals surface area contributed by atoms with Gasteiger partial charge in [0.1, 0.15) is 0 Å². The van der Waals surface area contributed by atoms with Crippen LogP contribution in [0.4, 0.5) is 5.69 Å². The number of para-hydroxylation sites is 2. The van der Waals surface area contributed by atoms with Crippen LogP contribution in [0, 0.1) is 0 Å². The number of nitrogens with zero attached hydrogens (tertiary/aromatic N) is 1. The van der Waals surface area contributed by atoms with Crippen molar-refractivity contribution in [3.8, 4) is 0 Å². The van der Waals surface area contributed by atoms with Crippen LogP contribution in [-0.4, -0.2) is 15.6 Å². The number of aromatic nitrogens is 1. The molecule has 21 heavy (non-hydrogen) atoms. The molecule has 2 N–H and O–H groups in total. The molecule has 0 saturated heterocycles. The number of benzene rings is 2. The summed E-state index contributed by atoms with van der Waals surface area (Å²) < 4.78 is 2.08. The summed E-state index contributed by atoms with van der Waals surface area (Å²) >= 11 is 0. The van der Waals surface area contributed by atoms with Gasteiger partial charge < -0.3 is 15.0 Å². The average Bonchev–Trinajstić information content (AvgIpc) is 2.82. The van der Waals surface area contributed by atoms with Gasteiger partial charge in [0.05, 0.1) is 5.56 Å². The number of anilines is 1. The number of aryl methyl sites for hydroxylation is 1. The first kappa shape index (κ1) is 13.2. The Morgan fingerprint density at radius 2 is 1.86 bits per heavy atom. The van der Waals surface area contributed by atoms with Gasteiger partial charge in [0.25, 0.3) is 0 Å². The highest BCUT2D eigenvalue weighted by molar-refractivity contribution is 5.94. The molecule has 4 heteroatoms. The zero-order chi connectivity index (χ0) is 14.8. The molecule has 0 aliphatic carbocycles. The molecule has 0 spiro atoms. The van der Waals surface area contributed by atoms with Crippen molar-refractivity contribution >= 4 is 22.6 Å². The van der Waals surface area contributed by atoms with Crippen molar-refractivity contribution in [2.24, 2.45) is 7.05 Å². The second-order valence-corrected chi connectivity index (χ2v) is 4.99. The fourth-order valence-electron chi connectivity index (χ4n) is 2.58. The Hall–Kier alpha value is -2.75. The quantitative estimate of drug-likeness (QED) is 0.769. The molecule has 1 heterocycles. The lowest BCUT2D eigenvalue weighted by Crippen LogP contribution is -2.05. The van der Waals surface area contributed by atoms with Crippen LogP contribution in [0.15, 0.2) is 54.7 Å². The Morgan fingerprint density at radius 3 is 2.67 bits per heavy atom. The van der Waals surface area contributed by atoms with Crippen LogP contribution in [0.5, 0.6) is 0 Å². The normalized spacial score (nSPS) is 10.7. The number of carboxylic acids is 1. The minimum absolute atomic E-state index is 0.290. The predicted molar refractivity (Wildman–Crippen MR) is 83.6 cm³/mol. The van der Waals surface area contributed by atoms with Gasteiger partial charge in [-0.1, -0.05) is 30.3 Å². The van der Waals surface area contributed by atoms with E-state index in [1.54, 1.807) is 18.2 Å². The Morgan fingerprint density at radius 1 is 1.14 bits per heavy atom. The number of carbonyl (C=O) groups is 1. The summed E-state index contributed by atoms with van der Waals surface area (Å²) in [6, 6.07) is 15.1. The molecule has 4 nitrogen and oxygen atoms in total. The largest absolute Gasteiger partial charge is 0.478 e. The third kappa shape index (κ3) is 2.48. The van der Waals surface area contributed by atoms with Crippen LogP contribution in [-0.2, 0) is 13.6 Å². The first-order valence-corrected chi connectivity index (χ1v) is 6.76. The Balaban J connectivity index is 1.89. The van der Waals surface area contributed by atoms with Gasteiger partial charge in [-0.15, -0.1) is 0 Å². The third-order valence-electron chi connectivity index (χ3n) is 3.61. The number of aromatic carboxylic acids is 1. The molecule has 0 radical (unpaired) electrons. The first-order valence-electron chi connectivity index (χ1n) is 6.76. The molecule has 0 bridgehead atoms. The van der Waals surface area contributed by atoms with Gasteiger partial charge in [0.15, 0.2) is 0 Å². The van der Waals surface area contributed by atoms with Crippen molar-refractivity contribution in [1.82, 2.24) is 4.57 Å². The Labute approximate surface area is 122 Å². The maximum Gasteiger partial charge on any atom is 0.337 e. The molecular weight excluding hydrogens is 264 g/mol. The molecule has 3 aromatic rings. The van der Waals surface area contributed by atoms with E-state index in [1.165, 1.54) is 10.9 Å². The predicted octanol–water partition coefficient (Wildman–Crippen LogP) is 3.49. The van der Waals surface area contributed by atoms with E-state index in [0.29, 0.717) is 12.2 Å². The van der Waals surface area contributed by atoms with Crippen LogP contribution >= 0.6 is 0 Å². The Kier molecular flexibility index (Phi) is 3.36. The molecule has 0 amide bonds. The molecule has 0 unspecified atom stereocenters. The summed E-state index contributed by atoms with van der Waals surface area (Å²) in [6.07, 6.45) is 2.07. The minimum Gasteiger partial charge on any atom is -0.478 e. The summed E-state index contributed by atoms with van der Waals surface area (Å²) in [7, 11) is 2.01. The number of hydrogen-bond acceptors (Lipinski definition) is 2. The van der Waals surface area contributed by atoms with E-state index in [2.05, 4.69) is 28.2 Å². The molecule has 1 aromatic heterocycles. The molecule has 2 aromatic carbocycles. The van der Waals surface area contributed by atoms with Crippen molar-refractivity contribution < 1.29 is 9.90 Å². The van der Waals surface area contributed by atoms with Gasteiger partial charge in [0, 0.05) is 36.4 Å². The second-order valence-electron chi connectivity index (χ2n) is 4.99. The van der Waals surface area contributed by atoms with Gasteiger partial charge >= 0.3 is 5.97 Å². The zero-order valence-electron chi connectivity index (χ0n) is 11.7. The summed E-state index contributed by atoms with van der Waals surface area (Å²) in [5.74, 6) is -0.920. The van der Waals surface area contributed by atoms with Crippen LogP contribution < -0.4 is 5.32 Å². The van der Waals surface area contributed by atoms with E-state index < -0.39 is 5.97 Å². The molecule has 0 fully saturated rings. The van der Waals surface area contributed by atoms with Crippen LogP contribution in [0.25, 0.3) is 10.9 Å². The Bertz CT molecular complexity index is 805. The molecule has 0 aliphatic heterocycles. The zero-order valence-corrected chi connectivity index (χ0v) is 11.7. The van der Waals surface area contributed by atoms with Gasteiger partial charge in [-0.05, 0) is 23.8 Å². The van der Waals surface area contributed by atoms with Crippen molar-refractivity contribution in [2.75, 3.05) is 5.32 Å². The highest BCUT2D eigenvalue weighted by Gasteiger charge is 2.10. The van der Waals surface area contributed by atoms with E-state index in [-0.39, 0.29) is 5.56 Å². The maximum atomic E-state index is 11.2. The SMILES string of the molecule is Cn1cc(CNc2ccccc2C(=O)O)c2ccccc21. The summed E-state index contributed by atoms with van der Waals surface area (Å²) in [5.41, 5.74) is 3.24. The lowest BCUT2D eigenvalue weighted by molar-refractivity contribution is 0.0698. The van der Waals surface area contributed by atoms with Crippen LogP contribution in [0.3, 0.4) is 0 Å². The smallest absolute Gasteiger partial charge is 0.337 e. The number of carboxylic acid groups (broad SMARTS) is 1. The number of hydrogen-bond donors (Lipinski definition) is 2. The van der Waals surface area contributed by atoms with Gasteiger partial charge in [-0.2, -0.15) is 0 Å². The van der Waals surface area contributed by atoms with E-state index in [1.807, 2.05) is 25.2 Å². The fraction of sp³-hybridized carbons (Fsp3) is 0.118. The summed E-state index contributed by atoms with van der Waals surface area (Å²) in [4.78, 5) is 11.2. The lowest BCUT2D eigenvalue weighted by Gasteiger charge is -2.08. The molecular formula is C17H16N2O2. The minimum atomic E-state index is -0.920. The second kappa shape index (κ2) is 5.32. The van der Waals surface area contributed by atoms with Gasteiger partial charge in [-0.25, -0.2) is 4.79 Å². The standard InChI is InChI=1S/C17H16N2O2/c1-19-11-12(13-6-3-5-9-16(13)19)10-18-15-8-4-2-7-14(15)17(20)21/h2-9,11,18H,10H2,1H3,(H,20,21). The van der Waals surface area contributed by atoms with Gasteiger partial charge in [-0.3, -0.25) is 0 Å². The molecule has 0 aliphatic rings. The van der Waals surface area contributed by atoms with Crippen LogP contribution in [0.1, 0.15) is 15.9 Å². The van der Waals surface area contributed by atoms with Crippen molar-refractivity contribution in [3.63, 3.8) is 0 Å². The average molecular weight is 280 g/mol. The van der Waals surface area contributed by atoms with Crippen LogP contribution in [0.2, 0.25) is 0 Å². The van der Waals surface area contributed by atoms with E-state index >= 15 is 0 Å². The summed E-state index contributed by atoms with van der Waals surface area (Å²) in [5, 5.41) is 13.6. The first-order chi connectivity index (χ1) is 10.2. The maximum absolute atomic E-state index is 11.2. The fourth-order valence-corrected chi connectivity index (χ4v) is 2.58. The van der Waals surface area contributed by atoms with E-state index in [0.717, 1.165) is 5.56 Å². The highest BCUT2D eigenvalue weighted by atomic mass is 16.4.